The highest BCUT2D eigenvalue weighted by molar-refractivity contribution is 4.39. The summed E-state index contributed by atoms with van der Waals surface area (Å²) in [6.07, 6.45) is 5.71. The topological polar surface area (TPSA) is 20.2 Å². The first kappa shape index (κ1) is 12.9. The van der Waals surface area contributed by atoms with Gasteiger partial charge in [-0.3, -0.25) is 0 Å². The number of hydroxylamine groups is 3. The summed E-state index contributed by atoms with van der Waals surface area (Å²) in [6, 6.07) is 0. The third kappa shape index (κ3) is 6.05. The van der Waals surface area contributed by atoms with Crippen LogP contribution in [0.5, 0.6) is 0 Å². The molecule has 0 aliphatic rings. The Morgan fingerprint density at radius 3 is 1.54 bits per heavy atom. The minimum Gasteiger partial charge on any atom is -0.217 e. The van der Waals surface area contributed by atoms with Gasteiger partial charge in [-0.1, -0.05) is 33.6 Å². The first-order valence-electron chi connectivity index (χ1n) is 5.77. The quantitative estimate of drug-likeness (QED) is 0.458. The second-order valence-electron chi connectivity index (χ2n) is 3.97. The molecule has 2 heteroatoms. The van der Waals surface area contributed by atoms with Gasteiger partial charge in [-0.15, -0.1) is 0 Å². The van der Waals surface area contributed by atoms with E-state index in [4.69, 9.17) is 0 Å². The molecular formula is C11H26NO+. The third-order valence-electron chi connectivity index (χ3n) is 2.50. The van der Waals surface area contributed by atoms with E-state index in [1.54, 1.807) is 0 Å². The van der Waals surface area contributed by atoms with Crippen LogP contribution in [-0.2, 0) is 0 Å². The Balaban J connectivity index is 3.84. The van der Waals surface area contributed by atoms with Crippen LogP contribution in [0.3, 0.4) is 0 Å². The van der Waals surface area contributed by atoms with Gasteiger partial charge in [0.1, 0.15) is 19.6 Å². The number of nitrogens with zero attached hydrogens (tertiary/aromatic N) is 1. The van der Waals surface area contributed by atoms with Crippen molar-refractivity contribution in [3.05, 3.63) is 0 Å². The van der Waals surface area contributed by atoms with Gasteiger partial charge in [-0.05, 0) is 19.3 Å². The standard InChI is InChI=1S/C11H26NO/c1-4-7-10-12(13,9-6-3)11-8-5-2/h13H,4-11H2,1-3H3/q+1. The summed E-state index contributed by atoms with van der Waals surface area (Å²) in [4.78, 5) is 0. The average molecular weight is 188 g/mol. The molecule has 80 valence electrons. The molecule has 0 spiro atoms. The zero-order valence-electron chi connectivity index (χ0n) is 9.55. The molecule has 0 saturated carbocycles. The van der Waals surface area contributed by atoms with Crippen molar-refractivity contribution >= 4 is 0 Å². The van der Waals surface area contributed by atoms with E-state index < -0.39 is 0 Å². The second kappa shape index (κ2) is 7.34. The Kier molecular flexibility index (Phi) is 7.29. The van der Waals surface area contributed by atoms with Crippen molar-refractivity contribution < 1.29 is 9.85 Å². The predicted octanol–water partition coefficient (Wildman–Crippen LogP) is 3.20. The summed E-state index contributed by atoms with van der Waals surface area (Å²) in [6.45, 7) is 9.28. The molecule has 0 aliphatic carbocycles. The first-order chi connectivity index (χ1) is 6.18. The molecule has 0 unspecified atom stereocenters. The minimum absolute atomic E-state index is 0.304. The van der Waals surface area contributed by atoms with Crippen molar-refractivity contribution in [3.8, 4) is 0 Å². The number of quaternary nitrogens is 1. The van der Waals surface area contributed by atoms with Gasteiger partial charge in [0.25, 0.3) is 0 Å². The monoisotopic (exact) mass is 188 g/mol. The fourth-order valence-corrected chi connectivity index (χ4v) is 1.66. The summed E-state index contributed by atoms with van der Waals surface area (Å²) in [5.74, 6) is 0. The maximum Gasteiger partial charge on any atom is 0.109 e. The Morgan fingerprint density at radius 2 is 1.23 bits per heavy atom. The van der Waals surface area contributed by atoms with E-state index in [-0.39, 0.29) is 0 Å². The maximum atomic E-state index is 10.2. The van der Waals surface area contributed by atoms with Gasteiger partial charge in [-0.25, -0.2) is 5.21 Å². The second-order valence-corrected chi connectivity index (χ2v) is 3.97. The highest BCUT2D eigenvalue weighted by Gasteiger charge is 2.22. The Morgan fingerprint density at radius 1 is 0.769 bits per heavy atom. The Bertz CT molecular complexity index is 107. The minimum atomic E-state index is 0.304. The van der Waals surface area contributed by atoms with Crippen molar-refractivity contribution in [1.82, 2.24) is 0 Å². The smallest absolute Gasteiger partial charge is 0.109 e. The van der Waals surface area contributed by atoms with Gasteiger partial charge in [0, 0.05) is 0 Å². The fourth-order valence-electron chi connectivity index (χ4n) is 1.66. The normalized spacial score (nSPS) is 12.0. The summed E-state index contributed by atoms with van der Waals surface area (Å²) in [7, 11) is 0. The zero-order valence-corrected chi connectivity index (χ0v) is 9.55. The third-order valence-corrected chi connectivity index (χ3v) is 2.50. The summed E-state index contributed by atoms with van der Waals surface area (Å²) < 4.78 is 0.304. The first-order valence-corrected chi connectivity index (χ1v) is 5.77. The van der Waals surface area contributed by atoms with Crippen LogP contribution < -0.4 is 0 Å². The van der Waals surface area contributed by atoms with Crippen molar-refractivity contribution in [2.45, 2.75) is 52.9 Å². The van der Waals surface area contributed by atoms with Crippen molar-refractivity contribution in [1.29, 1.82) is 0 Å². The molecule has 0 aromatic carbocycles. The molecule has 2 nitrogen and oxygen atoms in total. The van der Waals surface area contributed by atoms with E-state index in [2.05, 4.69) is 20.8 Å². The van der Waals surface area contributed by atoms with Crippen LogP contribution in [0.1, 0.15) is 52.9 Å². The lowest BCUT2D eigenvalue weighted by atomic mass is 10.2. The fraction of sp³-hybridized carbons (Fsp3) is 1.00. The van der Waals surface area contributed by atoms with E-state index in [9.17, 15) is 5.21 Å². The molecule has 13 heavy (non-hydrogen) atoms. The van der Waals surface area contributed by atoms with Crippen LogP contribution >= 0.6 is 0 Å². The summed E-state index contributed by atoms with van der Waals surface area (Å²) in [5, 5.41) is 10.2. The molecule has 0 aliphatic heterocycles. The number of unbranched alkanes of at least 4 members (excludes halogenated alkanes) is 2. The maximum absolute atomic E-state index is 10.2. The van der Waals surface area contributed by atoms with Crippen molar-refractivity contribution in [3.63, 3.8) is 0 Å². The number of rotatable bonds is 8. The molecule has 1 N–H and O–H groups in total. The number of hydrogen-bond acceptors (Lipinski definition) is 1. The van der Waals surface area contributed by atoms with E-state index >= 15 is 0 Å². The van der Waals surface area contributed by atoms with Gasteiger partial charge in [0.15, 0.2) is 0 Å². The molecule has 0 saturated heterocycles. The zero-order chi connectivity index (χ0) is 10.2. The molecule has 0 atom stereocenters. The molecule has 0 amide bonds. The lowest BCUT2D eigenvalue weighted by Crippen LogP contribution is -2.46. The van der Waals surface area contributed by atoms with Crippen molar-refractivity contribution in [2.75, 3.05) is 19.6 Å². The van der Waals surface area contributed by atoms with Gasteiger partial charge in [-0.2, -0.15) is 4.65 Å². The molecular weight excluding hydrogens is 162 g/mol. The highest BCUT2D eigenvalue weighted by Crippen LogP contribution is 2.09. The van der Waals surface area contributed by atoms with Gasteiger partial charge >= 0.3 is 0 Å². The van der Waals surface area contributed by atoms with Crippen LogP contribution in [0, 0.1) is 0 Å². The molecule has 0 bridgehead atoms. The molecule has 0 rings (SSSR count). The largest absolute Gasteiger partial charge is 0.217 e. The molecule has 0 heterocycles. The van der Waals surface area contributed by atoms with Crippen LogP contribution in [0.2, 0.25) is 0 Å². The van der Waals surface area contributed by atoms with E-state index in [0.717, 1.165) is 38.9 Å². The lowest BCUT2D eigenvalue weighted by molar-refractivity contribution is -1.10. The lowest BCUT2D eigenvalue weighted by Gasteiger charge is -2.29. The van der Waals surface area contributed by atoms with Gasteiger partial charge in [0.05, 0.1) is 0 Å². The molecule has 0 aromatic rings. The van der Waals surface area contributed by atoms with E-state index in [1.807, 2.05) is 0 Å². The molecule has 0 fully saturated rings. The van der Waals surface area contributed by atoms with Gasteiger partial charge in [0.2, 0.25) is 0 Å². The highest BCUT2D eigenvalue weighted by atomic mass is 16.5. The van der Waals surface area contributed by atoms with Crippen LogP contribution in [0.4, 0.5) is 0 Å². The average Bonchev–Trinajstić information content (AvgIpc) is 2.12. The predicted molar refractivity (Wildman–Crippen MR) is 56.8 cm³/mol. The number of hydrogen-bond donors (Lipinski definition) is 1. The molecule has 0 aromatic heterocycles. The molecule has 0 radical (unpaired) electrons. The summed E-state index contributed by atoms with van der Waals surface area (Å²) >= 11 is 0. The Labute approximate surface area is 83.1 Å². The van der Waals surface area contributed by atoms with E-state index in [1.165, 1.54) is 12.8 Å². The van der Waals surface area contributed by atoms with Crippen LogP contribution in [-0.4, -0.2) is 29.5 Å². The SMILES string of the molecule is CCCC[N+](O)(CCC)CCCC. The van der Waals surface area contributed by atoms with Crippen molar-refractivity contribution in [2.24, 2.45) is 0 Å². The van der Waals surface area contributed by atoms with Crippen LogP contribution in [0.15, 0.2) is 0 Å². The van der Waals surface area contributed by atoms with Gasteiger partial charge < -0.3 is 0 Å². The Hall–Kier alpha value is -0.0800. The van der Waals surface area contributed by atoms with Crippen LogP contribution in [0.25, 0.3) is 0 Å². The summed E-state index contributed by atoms with van der Waals surface area (Å²) in [5.41, 5.74) is 0. The van der Waals surface area contributed by atoms with E-state index in [0.29, 0.717) is 4.65 Å².